The SMILES string of the molecule is NC(=O)CCNC(=O)c1ccccc1NC(=O)c1cnn(Cc2ccccc2Cl)c1. The molecule has 2 aromatic carbocycles. The molecule has 0 radical (unpaired) electrons. The van der Waals surface area contributed by atoms with Gasteiger partial charge in [0.15, 0.2) is 0 Å². The molecule has 3 aromatic rings. The summed E-state index contributed by atoms with van der Waals surface area (Å²) < 4.78 is 1.61. The summed E-state index contributed by atoms with van der Waals surface area (Å²) in [6, 6.07) is 14.0. The summed E-state index contributed by atoms with van der Waals surface area (Å²) in [6.45, 7) is 0.539. The molecule has 1 aromatic heterocycles. The van der Waals surface area contributed by atoms with E-state index in [2.05, 4.69) is 15.7 Å². The number of amides is 3. The number of aromatic nitrogens is 2. The molecule has 0 fully saturated rings. The molecule has 0 unspecified atom stereocenters. The van der Waals surface area contributed by atoms with Crippen LogP contribution in [-0.2, 0) is 11.3 Å². The number of para-hydroxylation sites is 1. The molecule has 1 heterocycles. The van der Waals surface area contributed by atoms with E-state index in [-0.39, 0.29) is 18.5 Å². The molecular formula is C21H20ClN5O3. The quantitative estimate of drug-likeness (QED) is 0.513. The molecule has 0 aliphatic heterocycles. The molecule has 9 heteroatoms. The summed E-state index contributed by atoms with van der Waals surface area (Å²) in [4.78, 5) is 35.8. The van der Waals surface area contributed by atoms with Gasteiger partial charge in [0, 0.05) is 24.2 Å². The normalized spacial score (nSPS) is 10.4. The van der Waals surface area contributed by atoms with Gasteiger partial charge in [0.2, 0.25) is 5.91 Å². The van der Waals surface area contributed by atoms with Crippen LogP contribution in [0.2, 0.25) is 5.02 Å². The Balaban J connectivity index is 1.68. The molecule has 3 rings (SSSR count). The number of halogens is 1. The Kier molecular flexibility index (Phi) is 6.82. The zero-order chi connectivity index (χ0) is 21.5. The third kappa shape index (κ3) is 5.45. The Bertz CT molecular complexity index is 1080. The second-order valence-corrected chi connectivity index (χ2v) is 6.90. The van der Waals surface area contributed by atoms with E-state index >= 15 is 0 Å². The van der Waals surface area contributed by atoms with Gasteiger partial charge in [-0.2, -0.15) is 5.10 Å². The number of hydrogen-bond donors (Lipinski definition) is 3. The standard InChI is InChI=1S/C21H20ClN5O3/c22-17-7-3-1-5-14(17)12-27-13-15(11-25-27)20(29)26-18-8-4-2-6-16(18)21(30)24-10-9-19(23)28/h1-8,11,13H,9-10,12H2,(H2,23,28)(H,24,30)(H,26,29). The highest BCUT2D eigenvalue weighted by molar-refractivity contribution is 6.31. The van der Waals surface area contributed by atoms with E-state index in [1.807, 2.05) is 18.2 Å². The van der Waals surface area contributed by atoms with Crippen molar-refractivity contribution < 1.29 is 14.4 Å². The number of carbonyl (C=O) groups excluding carboxylic acids is 3. The number of nitrogens with one attached hydrogen (secondary N) is 2. The van der Waals surface area contributed by atoms with E-state index < -0.39 is 17.7 Å². The molecule has 0 saturated heterocycles. The van der Waals surface area contributed by atoms with Gasteiger partial charge in [-0.05, 0) is 23.8 Å². The number of carbonyl (C=O) groups is 3. The second-order valence-electron chi connectivity index (χ2n) is 6.49. The largest absolute Gasteiger partial charge is 0.370 e. The van der Waals surface area contributed by atoms with E-state index in [1.54, 1.807) is 41.2 Å². The number of nitrogens with zero attached hydrogens (tertiary/aromatic N) is 2. The van der Waals surface area contributed by atoms with Gasteiger partial charge in [0.1, 0.15) is 0 Å². The van der Waals surface area contributed by atoms with Gasteiger partial charge in [-0.1, -0.05) is 41.9 Å². The lowest BCUT2D eigenvalue weighted by molar-refractivity contribution is -0.117. The lowest BCUT2D eigenvalue weighted by Gasteiger charge is -2.10. The van der Waals surface area contributed by atoms with Crippen molar-refractivity contribution in [3.8, 4) is 0 Å². The highest BCUT2D eigenvalue weighted by Gasteiger charge is 2.15. The Morgan fingerprint density at radius 3 is 2.53 bits per heavy atom. The Morgan fingerprint density at radius 1 is 1.03 bits per heavy atom. The van der Waals surface area contributed by atoms with Crippen LogP contribution < -0.4 is 16.4 Å². The van der Waals surface area contributed by atoms with Gasteiger partial charge in [-0.15, -0.1) is 0 Å². The van der Waals surface area contributed by atoms with Crippen LogP contribution in [0.4, 0.5) is 5.69 Å². The number of hydrogen-bond acceptors (Lipinski definition) is 4. The smallest absolute Gasteiger partial charge is 0.258 e. The number of rotatable bonds is 8. The van der Waals surface area contributed by atoms with Crippen molar-refractivity contribution in [2.45, 2.75) is 13.0 Å². The molecule has 30 heavy (non-hydrogen) atoms. The maximum atomic E-state index is 12.6. The first-order chi connectivity index (χ1) is 14.4. The number of primary amides is 1. The topological polar surface area (TPSA) is 119 Å². The van der Waals surface area contributed by atoms with E-state index in [0.717, 1.165) is 5.56 Å². The number of benzene rings is 2. The molecule has 0 spiro atoms. The first-order valence-electron chi connectivity index (χ1n) is 9.17. The van der Waals surface area contributed by atoms with Crippen LogP contribution in [0.15, 0.2) is 60.9 Å². The fourth-order valence-electron chi connectivity index (χ4n) is 2.75. The third-order valence-electron chi connectivity index (χ3n) is 4.26. The van der Waals surface area contributed by atoms with Gasteiger partial charge in [0.25, 0.3) is 11.8 Å². The predicted molar refractivity (Wildman–Crippen MR) is 113 cm³/mol. The molecule has 4 N–H and O–H groups in total. The molecule has 8 nitrogen and oxygen atoms in total. The first kappa shape index (κ1) is 21.1. The minimum absolute atomic E-state index is 0.0326. The van der Waals surface area contributed by atoms with Crippen LogP contribution in [0, 0.1) is 0 Å². The third-order valence-corrected chi connectivity index (χ3v) is 4.63. The molecule has 154 valence electrons. The lowest BCUT2D eigenvalue weighted by atomic mass is 10.1. The number of anilines is 1. The van der Waals surface area contributed by atoms with Gasteiger partial charge < -0.3 is 16.4 Å². The summed E-state index contributed by atoms with van der Waals surface area (Å²) in [7, 11) is 0. The molecule has 0 aliphatic rings. The average Bonchev–Trinajstić information content (AvgIpc) is 3.18. The monoisotopic (exact) mass is 425 g/mol. The predicted octanol–water partition coefficient (Wildman–Crippen LogP) is 2.44. The van der Waals surface area contributed by atoms with Gasteiger partial charge in [-0.25, -0.2) is 0 Å². The Hall–Kier alpha value is -3.65. The summed E-state index contributed by atoms with van der Waals surface area (Å²) in [5.41, 5.74) is 6.92. The minimum Gasteiger partial charge on any atom is -0.370 e. The van der Waals surface area contributed by atoms with Gasteiger partial charge in [-0.3, -0.25) is 19.1 Å². The molecular weight excluding hydrogens is 406 g/mol. The molecule has 0 saturated carbocycles. The maximum absolute atomic E-state index is 12.6. The van der Waals surface area contributed by atoms with Crippen LogP contribution in [0.25, 0.3) is 0 Å². The van der Waals surface area contributed by atoms with Crippen molar-refractivity contribution >= 4 is 35.0 Å². The van der Waals surface area contributed by atoms with E-state index in [1.165, 1.54) is 6.20 Å². The highest BCUT2D eigenvalue weighted by atomic mass is 35.5. The van der Waals surface area contributed by atoms with Crippen LogP contribution >= 0.6 is 11.6 Å². The summed E-state index contributed by atoms with van der Waals surface area (Å²) in [6.07, 6.45) is 3.08. The lowest BCUT2D eigenvalue weighted by Crippen LogP contribution is -2.28. The fourth-order valence-corrected chi connectivity index (χ4v) is 2.94. The van der Waals surface area contributed by atoms with Crippen molar-refractivity contribution in [2.75, 3.05) is 11.9 Å². The zero-order valence-electron chi connectivity index (χ0n) is 16.0. The second kappa shape index (κ2) is 9.71. The van der Waals surface area contributed by atoms with Crippen molar-refractivity contribution in [3.63, 3.8) is 0 Å². The van der Waals surface area contributed by atoms with Crippen molar-refractivity contribution in [1.29, 1.82) is 0 Å². The average molecular weight is 426 g/mol. The van der Waals surface area contributed by atoms with Crippen molar-refractivity contribution in [2.24, 2.45) is 5.73 Å². The maximum Gasteiger partial charge on any atom is 0.258 e. The summed E-state index contributed by atoms with van der Waals surface area (Å²) >= 11 is 6.17. The Labute approximate surface area is 178 Å². The molecule has 0 atom stereocenters. The minimum atomic E-state index is -0.509. The van der Waals surface area contributed by atoms with Crippen LogP contribution in [0.5, 0.6) is 0 Å². The molecule has 0 bridgehead atoms. The van der Waals surface area contributed by atoms with Crippen LogP contribution in [0.3, 0.4) is 0 Å². The van der Waals surface area contributed by atoms with Gasteiger partial charge in [0.05, 0.1) is 29.6 Å². The summed E-state index contributed by atoms with van der Waals surface area (Å²) in [5, 5.41) is 10.1. The molecule has 3 amide bonds. The van der Waals surface area contributed by atoms with E-state index in [0.29, 0.717) is 22.8 Å². The van der Waals surface area contributed by atoms with Crippen LogP contribution in [0.1, 0.15) is 32.7 Å². The number of nitrogens with two attached hydrogens (primary N) is 1. The van der Waals surface area contributed by atoms with E-state index in [4.69, 9.17) is 17.3 Å². The van der Waals surface area contributed by atoms with Crippen LogP contribution in [-0.4, -0.2) is 34.0 Å². The Morgan fingerprint density at radius 2 is 1.77 bits per heavy atom. The molecule has 0 aliphatic carbocycles. The summed E-state index contributed by atoms with van der Waals surface area (Å²) in [5.74, 6) is -1.33. The highest BCUT2D eigenvalue weighted by Crippen LogP contribution is 2.18. The van der Waals surface area contributed by atoms with E-state index in [9.17, 15) is 14.4 Å². The van der Waals surface area contributed by atoms with Crippen molar-refractivity contribution in [3.05, 3.63) is 82.6 Å². The van der Waals surface area contributed by atoms with Gasteiger partial charge >= 0.3 is 0 Å². The fraction of sp³-hybridized carbons (Fsp3) is 0.143. The zero-order valence-corrected chi connectivity index (χ0v) is 16.7. The van der Waals surface area contributed by atoms with Crippen molar-refractivity contribution in [1.82, 2.24) is 15.1 Å². The first-order valence-corrected chi connectivity index (χ1v) is 9.54.